The summed E-state index contributed by atoms with van der Waals surface area (Å²) in [5.74, 6) is 0. The molecule has 7 nitrogen and oxygen atoms in total. The number of rotatable bonds is 4. The summed E-state index contributed by atoms with van der Waals surface area (Å²) >= 11 is 11.9. The first-order chi connectivity index (χ1) is 11.5. The van der Waals surface area contributed by atoms with Crippen molar-refractivity contribution in [3.63, 3.8) is 0 Å². The normalized spacial score (nSPS) is 11.2. The molecule has 0 saturated carbocycles. The summed E-state index contributed by atoms with van der Waals surface area (Å²) in [5.41, 5.74) is -0.756. The minimum Gasteiger partial charge on any atom is -0.343 e. The molecule has 0 heterocycles. The van der Waals surface area contributed by atoms with E-state index in [1.807, 2.05) is 20.8 Å². The van der Waals surface area contributed by atoms with Gasteiger partial charge in [0, 0.05) is 17.2 Å². The van der Waals surface area contributed by atoms with Gasteiger partial charge in [0.2, 0.25) is 0 Å². The fourth-order valence-corrected chi connectivity index (χ4v) is 2.64. The molecular weight excluding hydrogens is 369 g/mol. The maximum absolute atomic E-state index is 11.5. The number of benzene rings is 2. The molecular formula is C16H15Cl2N3O4. The standard InChI is InChI=1S/C16H15Cl2N3O4/c1-16(2,3)9-6-13(20(22)23)15(14(7-9)21(24)25)19-12-5-4-10(17)8-11(12)18/h4-8,19H,1-3H3. The van der Waals surface area contributed by atoms with Crippen LogP contribution in [0.2, 0.25) is 10.0 Å². The Kier molecular flexibility index (Phi) is 5.20. The van der Waals surface area contributed by atoms with Gasteiger partial charge in [-0.25, -0.2) is 0 Å². The fraction of sp³-hybridized carbons (Fsp3) is 0.250. The quantitative estimate of drug-likeness (QED) is 0.527. The third-order valence-electron chi connectivity index (χ3n) is 3.55. The maximum atomic E-state index is 11.5. The molecule has 0 aliphatic rings. The first-order valence-electron chi connectivity index (χ1n) is 7.20. The Morgan fingerprint density at radius 1 is 0.960 bits per heavy atom. The molecule has 2 rings (SSSR count). The molecule has 0 saturated heterocycles. The van der Waals surface area contributed by atoms with E-state index in [0.717, 1.165) is 0 Å². The van der Waals surface area contributed by atoms with Crippen molar-refractivity contribution in [3.05, 3.63) is 66.2 Å². The van der Waals surface area contributed by atoms with E-state index in [9.17, 15) is 20.2 Å². The van der Waals surface area contributed by atoms with Gasteiger partial charge in [-0.3, -0.25) is 20.2 Å². The van der Waals surface area contributed by atoms with Crippen LogP contribution in [0.15, 0.2) is 30.3 Å². The number of nitrogens with zero attached hydrogens (tertiary/aromatic N) is 2. The van der Waals surface area contributed by atoms with Gasteiger partial charge in [0.15, 0.2) is 5.69 Å². The summed E-state index contributed by atoms with van der Waals surface area (Å²) in [6, 6.07) is 7.12. The Morgan fingerprint density at radius 2 is 1.48 bits per heavy atom. The number of anilines is 2. The SMILES string of the molecule is CC(C)(C)c1cc([N+](=O)[O-])c(Nc2ccc(Cl)cc2Cl)c([N+](=O)[O-])c1. The lowest BCUT2D eigenvalue weighted by molar-refractivity contribution is -0.392. The average Bonchev–Trinajstić information content (AvgIpc) is 2.48. The molecule has 9 heteroatoms. The summed E-state index contributed by atoms with van der Waals surface area (Å²) in [7, 11) is 0. The Balaban J connectivity index is 2.70. The van der Waals surface area contributed by atoms with Crippen LogP contribution < -0.4 is 5.32 Å². The summed E-state index contributed by atoms with van der Waals surface area (Å²) in [4.78, 5) is 21.7. The van der Waals surface area contributed by atoms with Crippen LogP contribution in [-0.2, 0) is 5.41 Å². The maximum Gasteiger partial charge on any atom is 0.300 e. The lowest BCUT2D eigenvalue weighted by atomic mass is 9.86. The van der Waals surface area contributed by atoms with Crippen LogP contribution in [0.25, 0.3) is 0 Å². The summed E-state index contributed by atoms with van der Waals surface area (Å²) in [5, 5.41) is 26.3. The highest BCUT2D eigenvalue weighted by molar-refractivity contribution is 6.36. The summed E-state index contributed by atoms with van der Waals surface area (Å²) in [6.45, 7) is 5.46. The van der Waals surface area contributed by atoms with Crippen LogP contribution in [0, 0.1) is 20.2 Å². The van der Waals surface area contributed by atoms with Gasteiger partial charge in [-0.1, -0.05) is 44.0 Å². The zero-order chi connectivity index (χ0) is 18.9. The van der Waals surface area contributed by atoms with Gasteiger partial charge in [0.05, 0.1) is 20.6 Å². The van der Waals surface area contributed by atoms with Gasteiger partial charge >= 0.3 is 0 Å². The van der Waals surface area contributed by atoms with Gasteiger partial charge in [0.1, 0.15) is 0 Å². The van der Waals surface area contributed by atoms with E-state index in [2.05, 4.69) is 5.32 Å². The molecule has 0 aliphatic heterocycles. The lowest BCUT2D eigenvalue weighted by Gasteiger charge is -2.19. The molecule has 0 unspecified atom stereocenters. The van der Waals surface area contributed by atoms with Crippen molar-refractivity contribution in [1.29, 1.82) is 0 Å². The van der Waals surface area contributed by atoms with Crippen molar-refractivity contribution in [1.82, 2.24) is 0 Å². The fourth-order valence-electron chi connectivity index (χ4n) is 2.19. The zero-order valence-electron chi connectivity index (χ0n) is 13.7. The van der Waals surface area contributed by atoms with Gasteiger partial charge in [-0.05, 0) is 29.2 Å². The van der Waals surface area contributed by atoms with Crippen LogP contribution in [0.4, 0.5) is 22.7 Å². The number of nitro groups is 2. The molecule has 25 heavy (non-hydrogen) atoms. The van der Waals surface area contributed by atoms with Crippen molar-refractivity contribution in [2.75, 3.05) is 5.32 Å². The van der Waals surface area contributed by atoms with Gasteiger partial charge < -0.3 is 5.32 Å². The zero-order valence-corrected chi connectivity index (χ0v) is 15.2. The Hall–Kier alpha value is -2.38. The molecule has 1 N–H and O–H groups in total. The molecule has 0 spiro atoms. The van der Waals surface area contributed by atoms with Crippen molar-refractivity contribution in [2.24, 2.45) is 0 Å². The number of hydrogen-bond acceptors (Lipinski definition) is 5. The monoisotopic (exact) mass is 383 g/mol. The van der Waals surface area contributed by atoms with Crippen LogP contribution in [-0.4, -0.2) is 9.85 Å². The van der Waals surface area contributed by atoms with E-state index >= 15 is 0 Å². The van der Waals surface area contributed by atoms with Gasteiger partial charge in [-0.15, -0.1) is 0 Å². The molecule has 2 aromatic rings. The van der Waals surface area contributed by atoms with E-state index in [4.69, 9.17) is 23.2 Å². The lowest BCUT2D eigenvalue weighted by Crippen LogP contribution is -2.13. The predicted molar refractivity (Wildman–Crippen MR) is 98.2 cm³/mol. The molecule has 0 aromatic heterocycles. The number of halogens is 2. The first kappa shape index (κ1) is 19.0. The average molecular weight is 384 g/mol. The minimum absolute atomic E-state index is 0.191. The molecule has 132 valence electrons. The van der Waals surface area contributed by atoms with Gasteiger partial charge in [0.25, 0.3) is 11.4 Å². The van der Waals surface area contributed by atoms with E-state index in [0.29, 0.717) is 10.6 Å². The highest BCUT2D eigenvalue weighted by Crippen LogP contribution is 2.42. The Bertz CT molecular complexity index is 828. The molecule has 0 atom stereocenters. The van der Waals surface area contributed by atoms with E-state index in [-0.39, 0.29) is 16.4 Å². The molecule has 2 aromatic carbocycles. The number of hydrogen-bond donors (Lipinski definition) is 1. The first-order valence-corrected chi connectivity index (χ1v) is 7.95. The predicted octanol–water partition coefficient (Wildman–Crippen LogP) is 5.85. The topological polar surface area (TPSA) is 98.3 Å². The third kappa shape index (κ3) is 4.18. The van der Waals surface area contributed by atoms with Crippen LogP contribution in [0.5, 0.6) is 0 Å². The minimum atomic E-state index is -0.658. The molecule has 0 radical (unpaired) electrons. The number of nitro benzene ring substituents is 2. The highest BCUT2D eigenvalue weighted by Gasteiger charge is 2.30. The highest BCUT2D eigenvalue weighted by atomic mass is 35.5. The third-order valence-corrected chi connectivity index (χ3v) is 4.09. The molecule has 0 bridgehead atoms. The summed E-state index contributed by atoms with van der Waals surface area (Å²) in [6.07, 6.45) is 0. The largest absolute Gasteiger partial charge is 0.343 e. The van der Waals surface area contributed by atoms with Crippen molar-refractivity contribution < 1.29 is 9.85 Å². The number of nitrogens with one attached hydrogen (secondary N) is 1. The van der Waals surface area contributed by atoms with Crippen molar-refractivity contribution in [2.45, 2.75) is 26.2 Å². The Labute approximate surface area is 153 Å². The smallest absolute Gasteiger partial charge is 0.300 e. The van der Waals surface area contributed by atoms with Crippen LogP contribution in [0.3, 0.4) is 0 Å². The molecule has 0 amide bonds. The van der Waals surface area contributed by atoms with Crippen LogP contribution in [0.1, 0.15) is 26.3 Å². The van der Waals surface area contributed by atoms with E-state index in [1.54, 1.807) is 0 Å². The van der Waals surface area contributed by atoms with E-state index < -0.39 is 26.6 Å². The van der Waals surface area contributed by atoms with Crippen LogP contribution >= 0.6 is 23.2 Å². The van der Waals surface area contributed by atoms with Crippen molar-refractivity contribution >= 4 is 46.0 Å². The summed E-state index contributed by atoms with van der Waals surface area (Å²) < 4.78 is 0. The second kappa shape index (κ2) is 6.85. The second-order valence-corrected chi connectivity index (χ2v) is 7.25. The second-order valence-electron chi connectivity index (χ2n) is 6.40. The van der Waals surface area contributed by atoms with E-state index in [1.165, 1.54) is 30.3 Å². The molecule has 0 fully saturated rings. The molecule has 0 aliphatic carbocycles. The van der Waals surface area contributed by atoms with Crippen molar-refractivity contribution in [3.8, 4) is 0 Å². The Morgan fingerprint density at radius 3 is 1.88 bits per heavy atom. The van der Waals surface area contributed by atoms with Gasteiger partial charge in [-0.2, -0.15) is 0 Å².